The van der Waals surface area contributed by atoms with E-state index in [0.29, 0.717) is 22.3 Å². The van der Waals surface area contributed by atoms with Gasteiger partial charge in [-0.1, -0.05) is 52.6 Å². The summed E-state index contributed by atoms with van der Waals surface area (Å²) in [6.45, 7) is 0. The van der Waals surface area contributed by atoms with E-state index in [2.05, 4.69) is 15.5 Å². The minimum absolute atomic E-state index is 0.0300. The number of alkyl halides is 3. The van der Waals surface area contributed by atoms with Gasteiger partial charge in [0.2, 0.25) is 0 Å². The van der Waals surface area contributed by atoms with Crippen LogP contribution in [0.25, 0.3) is 10.8 Å². The highest BCUT2D eigenvalue weighted by Crippen LogP contribution is 2.50. The number of oxime groups is 1. The Hall–Kier alpha value is -2.69. The number of carbonyl (C=O) groups excluding carboxylic acids is 1. The van der Waals surface area contributed by atoms with Gasteiger partial charge < -0.3 is 10.2 Å². The molecule has 1 saturated heterocycles. The summed E-state index contributed by atoms with van der Waals surface area (Å²) >= 11 is 11.9. The standard InChI is InChI=1S/C23H16Cl2F3N3O3S/c24-13-5-12(6-14(25)7-13)22(23(26,27)28)8-19(31-34-22)20-17-4-2-1-3-16(17)18(9-29-20)21(32)30-15-10-35(33)11-15/h1-7,9,15H,8,10-11H2,(H,30,32). The number of amides is 1. The molecule has 2 aromatic carbocycles. The van der Waals surface area contributed by atoms with E-state index < -0.39 is 34.9 Å². The molecule has 35 heavy (non-hydrogen) atoms. The quantitative estimate of drug-likeness (QED) is 0.504. The molecule has 2 aliphatic rings. The van der Waals surface area contributed by atoms with E-state index in [9.17, 15) is 22.2 Å². The molecule has 0 saturated carbocycles. The lowest BCUT2D eigenvalue weighted by molar-refractivity contribution is -0.275. The molecule has 1 N–H and O–H groups in total. The smallest absolute Gasteiger partial charge is 0.374 e. The summed E-state index contributed by atoms with van der Waals surface area (Å²) in [5.41, 5.74) is -2.68. The van der Waals surface area contributed by atoms with Crippen LogP contribution in [0.1, 0.15) is 28.0 Å². The molecular weight excluding hydrogens is 526 g/mol. The highest BCUT2D eigenvalue weighted by atomic mass is 35.5. The second kappa shape index (κ2) is 8.76. The van der Waals surface area contributed by atoms with Crippen LogP contribution in [0.2, 0.25) is 10.0 Å². The lowest BCUT2D eigenvalue weighted by Crippen LogP contribution is -2.50. The maximum atomic E-state index is 14.3. The number of aromatic nitrogens is 1. The fraction of sp³-hybridized carbons (Fsp3) is 0.261. The monoisotopic (exact) mass is 541 g/mol. The second-order valence-electron chi connectivity index (χ2n) is 8.30. The number of pyridine rings is 1. The summed E-state index contributed by atoms with van der Waals surface area (Å²) in [5, 5.41) is 7.59. The zero-order valence-corrected chi connectivity index (χ0v) is 20.1. The van der Waals surface area contributed by atoms with Gasteiger partial charge in [0.05, 0.1) is 23.7 Å². The maximum Gasteiger partial charge on any atom is 0.435 e. The number of fused-ring (bicyclic) bond motifs is 1. The number of rotatable bonds is 4. The molecule has 12 heteroatoms. The van der Waals surface area contributed by atoms with E-state index in [1.165, 1.54) is 12.3 Å². The van der Waals surface area contributed by atoms with Crippen molar-refractivity contribution in [2.24, 2.45) is 5.16 Å². The molecule has 1 atom stereocenters. The third-order valence-electron chi connectivity index (χ3n) is 5.94. The lowest BCUT2D eigenvalue weighted by atomic mass is 9.86. The lowest BCUT2D eigenvalue weighted by Gasteiger charge is -2.29. The molecule has 0 radical (unpaired) electrons. The average molecular weight is 542 g/mol. The van der Waals surface area contributed by atoms with E-state index in [4.69, 9.17) is 28.0 Å². The first-order valence-electron chi connectivity index (χ1n) is 10.4. The largest absolute Gasteiger partial charge is 0.435 e. The molecule has 1 aromatic heterocycles. The fourth-order valence-corrected chi connectivity index (χ4v) is 5.66. The third kappa shape index (κ3) is 4.28. The number of halogens is 5. The molecule has 0 aliphatic carbocycles. The molecule has 2 aliphatic heterocycles. The Balaban J connectivity index is 1.52. The highest BCUT2D eigenvalue weighted by molar-refractivity contribution is 7.86. The summed E-state index contributed by atoms with van der Waals surface area (Å²) in [7, 11) is -0.930. The average Bonchev–Trinajstić information content (AvgIpc) is 3.23. The molecule has 6 nitrogen and oxygen atoms in total. The minimum Gasteiger partial charge on any atom is -0.374 e. The molecule has 5 rings (SSSR count). The first-order valence-corrected chi connectivity index (χ1v) is 12.6. The first kappa shape index (κ1) is 24.0. The van der Waals surface area contributed by atoms with Gasteiger partial charge in [0, 0.05) is 49.5 Å². The van der Waals surface area contributed by atoms with Crippen LogP contribution < -0.4 is 5.32 Å². The van der Waals surface area contributed by atoms with E-state index in [1.54, 1.807) is 24.3 Å². The van der Waals surface area contributed by atoms with Gasteiger partial charge >= 0.3 is 6.18 Å². The van der Waals surface area contributed by atoms with Gasteiger partial charge in [-0.05, 0) is 23.6 Å². The van der Waals surface area contributed by atoms with Gasteiger partial charge in [-0.2, -0.15) is 13.2 Å². The van der Waals surface area contributed by atoms with Crippen LogP contribution in [0.4, 0.5) is 13.2 Å². The van der Waals surface area contributed by atoms with Gasteiger partial charge in [0.25, 0.3) is 11.5 Å². The zero-order chi connectivity index (χ0) is 25.0. The number of nitrogens with one attached hydrogen (secondary N) is 1. The van der Waals surface area contributed by atoms with Gasteiger partial charge in [0.15, 0.2) is 0 Å². The SMILES string of the molecule is O=C(NC1CS(=O)C1)c1cnc(C2=NOC(c3cc(Cl)cc(Cl)c3)(C(F)(F)F)C2)c2ccccc12. The maximum absolute atomic E-state index is 14.3. The van der Waals surface area contributed by atoms with Crippen molar-refractivity contribution in [1.29, 1.82) is 0 Å². The van der Waals surface area contributed by atoms with Crippen molar-refractivity contribution in [1.82, 2.24) is 10.3 Å². The van der Waals surface area contributed by atoms with Crippen LogP contribution in [-0.4, -0.2) is 44.5 Å². The molecular formula is C23H16Cl2F3N3O3S. The van der Waals surface area contributed by atoms with Crippen molar-refractivity contribution in [2.75, 3.05) is 11.5 Å². The third-order valence-corrected chi connectivity index (χ3v) is 7.92. The molecule has 3 aromatic rings. The normalized spacial score (nSPS) is 24.0. The fourth-order valence-electron chi connectivity index (χ4n) is 4.17. The number of nitrogens with zero attached hydrogens (tertiary/aromatic N) is 2. The predicted molar refractivity (Wildman–Crippen MR) is 127 cm³/mol. The topological polar surface area (TPSA) is 80.7 Å². The first-order chi connectivity index (χ1) is 16.6. The van der Waals surface area contributed by atoms with Gasteiger partial charge in [-0.3, -0.25) is 14.0 Å². The molecule has 3 heterocycles. The van der Waals surface area contributed by atoms with Gasteiger partial charge in [-0.15, -0.1) is 0 Å². The number of hydrogen-bond donors (Lipinski definition) is 1. The highest BCUT2D eigenvalue weighted by Gasteiger charge is 2.62. The molecule has 1 unspecified atom stereocenters. The zero-order valence-electron chi connectivity index (χ0n) is 17.7. The molecule has 182 valence electrons. The minimum atomic E-state index is -4.84. The van der Waals surface area contributed by atoms with Crippen molar-refractivity contribution < 1.29 is 27.0 Å². The Morgan fingerprint density at radius 2 is 1.77 bits per heavy atom. The number of benzene rings is 2. The van der Waals surface area contributed by atoms with Crippen LogP contribution in [0.3, 0.4) is 0 Å². The van der Waals surface area contributed by atoms with Crippen molar-refractivity contribution in [3.8, 4) is 0 Å². The molecule has 0 spiro atoms. The van der Waals surface area contributed by atoms with E-state index in [-0.39, 0.29) is 38.6 Å². The predicted octanol–water partition coefficient (Wildman–Crippen LogP) is 4.98. The second-order valence-corrected chi connectivity index (χ2v) is 10.7. The van der Waals surface area contributed by atoms with Crippen LogP contribution in [0, 0.1) is 0 Å². The number of carbonyl (C=O) groups is 1. The van der Waals surface area contributed by atoms with Crippen molar-refractivity contribution >= 4 is 56.4 Å². The van der Waals surface area contributed by atoms with Crippen LogP contribution in [-0.2, 0) is 21.2 Å². The van der Waals surface area contributed by atoms with E-state index >= 15 is 0 Å². The van der Waals surface area contributed by atoms with Crippen LogP contribution in [0.15, 0.2) is 53.8 Å². The van der Waals surface area contributed by atoms with Crippen LogP contribution in [0.5, 0.6) is 0 Å². The Kier molecular flexibility index (Phi) is 6.01. The van der Waals surface area contributed by atoms with Crippen LogP contribution >= 0.6 is 23.2 Å². The summed E-state index contributed by atoms with van der Waals surface area (Å²) in [4.78, 5) is 22.2. The Labute approximate surface area is 209 Å². The molecule has 1 fully saturated rings. The van der Waals surface area contributed by atoms with Crippen molar-refractivity contribution in [3.05, 3.63) is 75.5 Å². The summed E-state index contributed by atoms with van der Waals surface area (Å²) in [5.74, 6) is 0.372. The Morgan fingerprint density at radius 3 is 2.40 bits per heavy atom. The van der Waals surface area contributed by atoms with Crippen molar-refractivity contribution in [3.63, 3.8) is 0 Å². The summed E-state index contributed by atoms with van der Waals surface area (Å²) in [6, 6.07) is 10.2. The summed E-state index contributed by atoms with van der Waals surface area (Å²) in [6.07, 6.45) is -4.21. The van der Waals surface area contributed by atoms with Gasteiger partial charge in [0.1, 0.15) is 5.71 Å². The molecule has 0 bridgehead atoms. The van der Waals surface area contributed by atoms with E-state index in [1.807, 2.05) is 0 Å². The van der Waals surface area contributed by atoms with E-state index in [0.717, 1.165) is 12.1 Å². The van der Waals surface area contributed by atoms with Crippen molar-refractivity contribution in [2.45, 2.75) is 24.2 Å². The van der Waals surface area contributed by atoms with Gasteiger partial charge in [-0.25, -0.2) is 0 Å². The Morgan fingerprint density at radius 1 is 1.11 bits per heavy atom. The number of hydrogen-bond acceptors (Lipinski definition) is 5. The molecule has 1 amide bonds. The Bertz CT molecular complexity index is 1390. The summed E-state index contributed by atoms with van der Waals surface area (Å²) < 4.78 is 54.4.